The summed E-state index contributed by atoms with van der Waals surface area (Å²) in [5.41, 5.74) is 0. The summed E-state index contributed by atoms with van der Waals surface area (Å²) in [6, 6.07) is 14.8. The SMILES string of the molecule is CCCCO[Si](OCCCC)(OCCCC)c1cccc2ccccc12. The molecule has 0 atom stereocenters. The van der Waals surface area contributed by atoms with Crippen LogP contribution in [0.15, 0.2) is 42.5 Å². The Balaban J connectivity index is 2.42. The monoisotopic (exact) mass is 374 g/mol. The van der Waals surface area contributed by atoms with Crippen molar-refractivity contribution >= 4 is 24.8 Å². The van der Waals surface area contributed by atoms with Crippen LogP contribution in [0.4, 0.5) is 0 Å². The fraction of sp³-hybridized carbons (Fsp3) is 0.545. The molecule has 0 heterocycles. The summed E-state index contributed by atoms with van der Waals surface area (Å²) in [5.74, 6) is 0. The number of hydrogen-bond acceptors (Lipinski definition) is 3. The van der Waals surface area contributed by atoms with Crippen LogP contribution in [0.25, 0.3) is 10.8 Å². The molecule has 0 amide bonds. The van der Waals surface area contributed by atoms with Crippen molar-refractivity contribution in [2.24, 2.45) is 0 Å². The predicted molar refractivity (Wildman–Crippen MR) is 112 cm³/mol. The molecule has 3 nitrogen and oxygen atoms in total. The third-order valence-corrected chi connectivity index (χ3v) is 7.34. The molecule has 0 saturated carbocycles. The van der Waals surface area contributed by atoms with Crippen molar-refractivity contribution in [3.8, 4) is 0 Å². The Kier molecular flexibility index (Phi) is 9.33. The first-order valence-electron chi connectivity index (χ1n) is 10.2. The van der Waals surface area contributed by atoms with Gasteiger partial charge in [0.25, 0.3) is 0 Å². The smallest absolute Gasteiger partial charge is 0.370 e. The Morgan fingerprint density at radius 1 is 0.654 bits per heavy atom. The van der Waals surface area contributed by atoms with Gasteiger partial charge in [-0.15, -0.1) is 0 Å². The first-order chi connectivity index (χ1) is 12.8. The summed E-state index contributed by atoms with van der Waals surface area (Å²) in [5, 5.41) is 3.50. The van der Waals surface area contributed by atoms with Crippen molar-refractivity contribution in [2.45, 2.75) is 59.3 Å². The first-order valence-corrected chi connectivity index (χ1v) is 11.9. The summed E-state index contributed by atoms with van der Waals surface area (Å²) in [7, 11) is -2.95. The minimum Gasteiger partial charge on any atom is -0.370 e. The molecule has 0 N–H and O–H groups in total. The van der Waals surface area contributed by atoms with E-state index in [2.05, 4.69) is 63.2 Å². The molecule has 4 heteroatoms. The van der Waals surface area contributed by atoms with E-state index in [-0.39, 0.29) is 0 Å². The Hall–Kier alpha value is -1.20. The van der Waals surface area contributed by atoms with Gasteiger partial charge in [-0.05, 0) is 30.0 Å². The molecule has 0 aliphatic heterocycles. The molecule has 0 aliphatic carbocycles. The maximum absolute atomic E-state index is 6.45. The van der Waals surface area contributed by atoms with E-state index in [1.165, 1.54) is 10.8 Å². The van der Waals surface area contributed by atoms with Crippen LogP contribution < -0.4 is 5.19 Å². The maximum atomic E-state index is 6.45. The maximum Gasteiger partial charge on any atom is 0.537 e. The molecule has 0 spiro atoms. The summed E-state index contributed by atoms with van der Waals surface area (Å²) in [6.07, 6.45) is 6.37. The number of benzene rings is 2. The van der Waals surface area contributed by atoms with E-state index in [0.717, 1.165) is 43.7 Å². The van der Waals surface area contributed by atoms with E-state index >= 15 is 0 Å². The van der Waals surface area contributed by atoms with Crippen LogP contribution in [0, 0.1) is 0 Å². The number of fused-ring (bicyclic) bond motifs is 1. The van der Waals surface area contributed by atoms with Gasteiger partial charge in [-0.2, -0.15) is 0 Å². The zero-order valence-electron chi connectivity index (χ0n) is 16.6. The summed E-state index contributed by atoms with van der Waals surface area (Å²) >= 11 is 0. The van der Waals surface area contributed by atoms with E-state index in [9.17, 15) is 0 Å². The van der Waals surface area contributed by atoms with Gasteiger partial charge in [0.1, 0.15) is 0 Å². The number of hydrogen-bond donors (Lipinski definition) is 0. The van der Waals surface area contributed by atoms with E-state index in [4.69, 9.17) is 13.3 Å². The largest absolute Gasteiger partial charge is 0.537 e. The molecule has 0 bridgehead atoms. The highest BCUT2D eigenvalue weighted by Gasteiger charge is 2.45. The Bertz CT molecular complexity index is 612. The normalized spacial score (nSPS) is 12.0. The highest BCUT2D eigenvalue weighted by Crippen LogP contribution is 2.20. The average molecular weight is 375 g/mol. The van der Waals surface area contributed by atoms with Gasteiger partial charge in [0.05, 0.1) is 0 Å². The van der Waals surface area contributed by atoms with E-state index in [0.29, 0.717) is 19.8 Å². The molecule has 144 valence electrons. The summed E-state index contributed by atoms with van der Waals surface area (Å²) in [6.45, 7) is 8.60. The van der Waals surface area contributed by atoms with Gasteiger partial charge >= 0.3 is 8.80 Å². The molecule has 2 aromatic carbocycles. The fourth-order valence-electron chi connectivity index (χ4n) is 2.90. The number of rotatable bonds is 13. The fourth-order valence-corrected chi connectivity index (χ4v) is 5.72. The molecule has 0 aromatic heterocycles. The Morgan fingerprint density at radius 2 is 1.15 bits per heavy atom. The molecule has 0 saturated heterocycles. The van der Waals surface area contributed by atoms with Crippen LogP contribution in [0.3, 0.4) is 0 Å². The molecule has 2 aromatic rings. The van der Waals surface area contributed by atoms with Gasteiger partial charge < -0.3 is 13.3 Å². The van der Waals surface area contributed by atoms with Crippen molar-refractivity contribution in [2.75, 3.05) is 19.8 Å². The minimum atomic E-state index is -2.95. The topological polar surface area (TPSA) is 27.7 Å². The average Bonchev–Trinajstić information content (AvgIpc) is 2.68. The second-order valence-corrected chi connectivity index (χ2v) is 9.21. The van der Waals surface area contributed by atoms with Crippen molar-refractivity contribution < 1.29 is 13.3 Å². The molecule has 0 unspecified atom stereocenters. The van der Waals surface area contributed by atoms with Crippen molar-refractivity contribution in [1.29, 1.82) is 0 Å². The molecule has 0 radical (unpaired) electrons. The molecule has 26 heavy (non-hydrogen) atoms. The lowest BCUT2D eigenvalue weighted by molar-refractivity contribution is 0.0703. The van der Waals surface area contributed by atoms with E-state index in [1.54, 1.807) is 0 Å². The summed E-state index contributed by atoms with van der Waals surface area (Å²) in [4.78, 5) is 0. The Morgan fingerprint density at radius 3 is 1.69 bits per heavy atom. The van der Waals surface area contributed by atoms with Crippen molar-refractivity contribution in [3.05, 3.63) is 42.5 Å². The molecular formula is C22H34O3Si. The molecule has 2 rings (SSSR count). The second-order valence-electron chi connectivity index (χ2n) is 6.69. The van der Waals surface area contributed by atoms with Gasteiger partial charge in [-0.25, -0.2) is 0 Å². The van der Waals surface area contributed by atoms with Crippen LogP contribution in [0.2, 0.25) is 0 Å². The third-order valence-electron chi connectivity index (χ3n) is 4.49. The molecular weight excluding hydrogens is 340 g/mol. The first kappa shape index (κ1) is 21.1. The van der Waals surface area contributed by atoms with Gasteiger partial charge in [0.15, 0.2) is 0 Å². The van der Waals surface area contributed by atoms with Crippen LogP contribution in [-0.2, 0) is 13.3 Å². The van der Waals surface area contributed by atoms with E-state index in [1.807, 2.05) is 0 Å². The van der Waals surface area contributed by atoms with Gasteiger partial charge in [-0.3, -0.25) is 0 Å². The van der Waals surface area contributed by atoms with Crippen molar-refractivity contribution in [1.82, 2.24) is 0 Å². The van der Waals surface area contributed by atoms with Crippen LogP contribution >= 0.6 is 0 Å². The quantitative estimate of drug-likeness (QED) is 0.345. The van der Waals surface area contributed by atoms with Crippen LogP contribution in [0.5, 0.6) is 0 Å². The summed E-state index contributed by atoms with van der Waals surface area (Å²) < 4.78 is 19.4. The molecule has 0 fully saturated rings. The Labute approximate surface area is 160 Å². The minimum absolute atomic E-state index is 0.685. The predicted octanol–water partition coefficient (Wildman–Crippen LogP) is 5.44. The van der Waals surface area contributed by atoms with Crippen LogP contribution in [-0.4, -0.2) is 28.6 Å². The lowest BCUT2D eigenvalue weighted by Gasteiger charge is -2.31. The lowest BCUT2D eigenvalue weighted by atomic mass is 10.1. The highest BCUT2D eigenvalue weighted by atomic mass is 28.4. The van der Waals surface area contributed by atoms with Gasteiger partial charge in [0.2, 0.25) is 0 Å². The van der Waals surface area contributed by atoms with Crippen LogP contribution in [0.1, 0.15) is 59.3 Å². The van der Waals surface area contributed by atoms with Gasteiger partial charge in [-0.1, -0.05) is 82.5 Å². The van der Waals surface area contributed by atoms with Crippen molar-refractivity contribution in [3.63, 3.8) is 0 Å². The number of unbranched alkanes of at least 4 members (excludes halogenated alkanes) is 3. The van der Waals surface area contributed by atoms with E-state index < -0.39 is 8.80 Å². The lowest BCUT2D eigenvalue weighted by Crippen LogP contribution is -2.57. The zero-order chi connectivity index (χ0) is 18.7. The standard InChI is InChI=1S/C22H34O3Si/c1-4-7-17-23-26(24-18-8-5-2,25-19-9-6-3)22-16-12-14-20-13-10-11-15-21(20)22/h10-16H,4-9,17-19H2,1-3H3. The second kappa shape index (κ2) is 11.5. The van der Waals surface area contributed by atoms with Gasteiger partial charge in [0, 0.05) is 25.0 Å². The third kappa shape index (κ3) is 5.65. The molecule has 0 aliphatic rings. The highest BCUT2D eigenvalue weighted by molar-refractivity contribution is 6.77. The zero-order valence-corrected chi connectivity index (χ0v) is 17.6.